The highest BCUT2D eigenvalue weighted by atomic mass is 19.1. The molecule has 1 fully saturated rings. The molecular weight excluding hydrogens is 329 g/mol. The first kappa shape index (κ1) is 18.4. The Kier molecular flexibility index (Phi) is 6.61. The molecule has 4 nitrogen and oxygen atoms in total. The molecule has 2 N–H and O–H groups in total. The zero-order chi connectivity index (χ0) is 18.2. The van der Waals surface area contributed by atoms with Gasteiger partial charge in [-0.3, -0.25) is 4.90 Å². The quantitative estimate of drug-likeness (QED) is 0.828. The molecule has 0 unspecified atom stereocenters. The lowest BCUT2D eigenvalue weighted by molar-refractivity contribution is 0.220. The summed E-state index contributed by atoms with van der Waals surface area (Å²) in [7, 11) is 0. The fraction of sp³-hybridized carbons (Fsp3) is 0.381. The average Bonchev–Trinajstić information content (AvgIpc) is 2.67. The molecule has 1 heterocycles. The van der Waals surface area contributed by atoms with Crippen LogP contribution < -0.4 is 10.6 Å². The molecule has 3 rings (SSSR count). The molecule has 0 atom stereocenters. The second kappa shape index (κ2) is 9.34. The Balaban J connectivity index is 1.51. The Morgan fingerprint density at radius 2 is 1.42 bits per heavy atom. The summed E-state index contributed by atoms with van der Waals surface area (Å²) < 4.78 is 13.6. The van der Waals surface area contributed by atoms with Crippen LogP contribution in [-0.4, -0.2) is 24.0 Å². The summed E-state index contributed by atoms with van der Waals surface area (Å²) in [5, 5.41) is 5.59. The van der Waals surface area contributed by atoms with Gasteiger partial charge >= 0.3 is 6.03 Å². The zero-order valence-electron chi connectivity index (χ0n) is 15.0. The maximum atomic E-state index is 13.6. The molecule has 1 saturated heterocycles. The summed E-state index contributed by atoms with van der Waals surface area (Å²) in [6, 6.07) is 14.4. The summed E-state index contributed by atoms with van der Waals surface area (Å²) in [6.45, 7) is 3.85. The lowest BCUT2D eigenvalue weighted by Crippen LogP contribution is -2.35. The van der Waals surface area contributed by atoms with E-state index >= 15 is 0 Å². The van der Waals surface area contributed by atoms with Crippen molar-refractivity contribution < 1.29 is 9.18 Å². The van der Waals surface area contributed by atoms with E-state index in [1.807, 2.05) is 12.1 Å². The van der Waals surface area contributed by atoms with Gasteiger partial charge in [-0.2, -0.15) is 0 Å². The van der Waals surface area contributed by atoms with Crippen LogP contribution in [-0.2, 0) is 19.6 Å². The highest BCUT2D eigenvalue weighted by molar-refractivity contribution is 5.73. The predicted octanol–water partition coefficient (Wildman–Crippen LogP) is 3.81. The molecule has 0 aliphatic carbocycles. The van der Waals surface area contributed by atoms with Crippen LogP contribution in [0, 0.1) is 5.82 Å². The van der Waals surface area contributed by atoms with E-state index in [4.69, 9.17) is 0 Å². The number of carbonyl (C=O) groups excluding carboxylic acids is 1. The highest BCUT2D eigenvalue weighted by Gasteiger charge is 2.12. The van der Waals surface area contributed by atoms with Gasteiger partial charge in [-0.25, -0.2) is 9.18 Å². The third kappa shape index (κ3) is 5.30. The van der Waals surface area contributed by atoms with Crippen molar-refractivity contribution in [2.75, 3.05) is 13.1 Å². The van der Waals surface area contributed by atoms with Crippen molar-refractivity contribution in [1.29, 1.82) is 0 Å². The third-order valence-electron chi connectivity index (χ3n) is 4.80. The van der Waals surface area contributed by atoms with E-state index < -0.39 is 0 Å². The Hall–Kier alpha value is -2.40. The molecule has 0 bridgehead atoms. The van der Waals surface area contributed by atoms with Gasteiger partial charge in [0, 0.05) is 25.2 Å². The van der Waals surface area contributed by atoms with Crippen LogP contribution in [0.25, 0.3) is 0 Å². The maximum absolute atomic E-state index is 13.6. The van der Waals surface area contributed by atoms with Crippen molar-refractivity contribution in [3.8, 4) is 0 Å². The molecule has 2 amide bonds. The summed E-state index contributed by atoms with van der Waals surface area (Å²) in [5.41, 5.74) is 2.86. The van der Waals surface area contributed by atoms with Gasteiger partial charge < -0.3 is 10.6 Å². The molecule has 0 spiro atoms. The predicted molar refractivity (Wildman–Crippen MR) is 101 cm³/mol. The molecular formula is C21H26FN3O. The minimum absolute atomic E-state index is 0.175. The third-order valence-corrected chi connectivity index (χ3v) is 4.80. The van der Waals surface area contributed by atoms with Crippen LogP contribution in [0.1, 0.15) is 36.0 Å². The minimum atomic E-state index is -0.306. The maximum Gasteiger partial charge on any atom is 0.315 e. The van der Waals surface area contributed by atoms with E-state index in [-0.39, 0.29) is 18.4 Å². The van der Waals surface area contributed by atoms with Crippen LogP contribution in [0.3, 0.4) is 0 Å². The Morgan fingerprint density at radius 3 is 2.12 bits per heavy atom. The second-order valence-electron chi connectivity index (χ2n) is 6.73. The van der Waals surface area contributed by atoms with Gasteiger partial charge in [0.2, 0.25) is 0 Å². The number of piperidine rings is 1. The number of urea groups is 1. The number of nitrogens with one attached hydrogen (secondary N) is 2. The van der Waals surface area contributed by atoms with Crippen LogP contribution >= 0.6 is 0 Å². The van der Waals surface area contributed by atoms with Gasteiger partial charge in [0.25, 0.3) is 0 Å². The number of benzene rings is 2. The van der Waals surface area contributed by atoms with Crippen molar-refractivity contribution in [1.82, 2.24) is 15.5 Å². The standard InChI is InChI=1S/C21H26FN3O/c22-20-11-5-4-9-18(20)15-24-21(26)23-14-17-8-2-3-10-19(17)16-25-12-6-1-7-13-25/h2-5,8-11H,1,6-7,12-16H2,(H2,23,24,26). The largest absolute Gasteiger partial charge is 0.334 e. The summed E-state index contributed by atoms with van der Waals surface area (Å²) >= 11 is 0. The van der Waals surface area contributed by atoms with E-state index in [9.17, 15) is 9.18 Å². The van der Waals surface area contributed by atoms with Gasteiger partial charge in [0.1, 0.15) is 5.82 Å². The number of amides is 2. The van der Waals surface area contributed by atoms with E-state index in [0.29, 0.717) is 12.1 Å². The lowest BCUT2D eigenvalue weighted by atomic mass is 10.0. The van der Waals surface area contributed by atoms with Gasteiger partial charge in [-0.15, -0.1) is 0 Å². The number of hydrogen-bond acceptors (Lipinski definition) is 2. The molecule has 26 heavy (non-hydrogen) atoms. The van der Waals surface area contributed by atoms with E-state index in [1.165, 1.54) is 30.9 Å². The second-order valence-corrected chi connectivity index (χ2v) is 6.73. The van der Waals surface area contributed by atoms with Crippen molar-refractivity contribution >= 4 is 6.03 Å². The number of rotatable bonds is 6. The molecule has 0 aromatic heterocycles. The van der Waals surface area contributed by atoms with E-state index in [0.717, 1.165) is 25.2 Å². The van der Waals surface area contributed by atoms with Gasteiger partial charge in [0.15, 0.2) is 0 Å². The fourth-order valence-electron chi connectivity index (χ4n) is 3.30. The number of carbonyl (C=O) groups is 1. The number of hydrogen-bond donors (Lipinski definition) is 2. The molecule has 1 aliphatic rings. The van der Waals surface area contributed by atoms with E-state index in [2.05, 4.69) is 27.7 Å². The first-order valence-electron chi connectivity index (χ1n) is 9.26. The SMILES string of the molecule is O=C(NCc1ccccc1F)NCc1ccccc1CN1CCCCC1. The first-order valence-corrected chi connectivity index (χ1v) is 9.26. The average molecular weight is 355 g/mol. The van der Waals surface area contributed by atoms with Crippen molar-refractivity contribution in [3.63, 3.8) is 0 Å². The molecule has 1 aliphatic heterocycles. The Labute approximate surface area is 154 Å². The van der Waals surface area contributed by atoms with Crippen molar-refractivity contribution in [2.45, 2.75) is 38.9 Å². The fourth-order valence-corrected chi connectivity index (χ4v) is 3.30. The van der Waals surface area contributed by atoms with Gasteiger partial charge in [-0.1, -0.05) is 48.9 Å². The van der Waals surface area contributed by atoms with Gasteiger partial charge in [0.05, 0.1) is 0 Å². The molecule has 2 aromatic rings. The van der Waals surface area contributed by atoms with Crippen LogP contribution in [0.5, 0.6) is 0 Å². The Bertz CT molecular complexity index is 729. The normalized spacial score (nSPS) is 14.8. The summed E-state index contributed by atoms with van der Waals surface area (Å²) in [4.78, 5) is 14.5. The summed E-state index contributed by atoms with van der Waals surface area (Å²) in [6.07, 6.45) is 3.85. The van der Waals surface area contributed by atoms with Crippen LogP contribution in [0.15, 0.2) is 48.5 Å². The van der Waals surface area contributed by atoms with Crippen LogP contribution in [0.2, 0.25) is 0 Å². The highest BCUT2D eigenvalue weighted by Crippen LogP contribution is 2.16. The first-order chi connectivity index (χ1) is 12.7. The number of halogens is 1. The van der Waals surface area contributed by atoms with Crippen molar-refractivity contribution in [2.24, 2.45) is 0 Å². The monoisotopic (exact) mass is 355 g/mol. The topological polar surface area (TPSA) is 44.4 Å². The minimum Gasteiger partial charge on any atom is -0.334 e. The Morgan fingerprint density at radius 1 is 0.846 bits per heavy atom. The zero-order valence-corrected chi connectivity index (χ0v) is 15.0. The molecule has 138 valence electrons. The van der Waals surface area contributed by atoms with Crippen LogP contribution in [0.4, 0.5) is 9.18 Å². The lowest BCUT2D eigenvalue weighted by Gasteiger charge is -2.27. The molecule has 0 saturated carbocycles. The van der Waals surface area contributed by atoms with Crippen molar-refractivity contribution in [3.05, 3.63) is 71.0 Å². The molecule has 2 aromatic carbocycles. The summed E-state index contributed by atoms with van der Waals surface area (Å²) in [5.74, 6) is -0.306. The van der Waals surface area contributed by atoms with Gasteiger partial charge in [-0.05, 0) is 43.1 Å². The number of nitrogens with zero attached hydrogens (tertiary/aromatic N) is 1. The smallest absolute Gasteiger partial charge is 0.315 e. The number of likely N-dealkylation sites (tertiary alicyclic amines) is 1. The molecule has 5 heteroatoms. The van der Waals surface area contributed by atoms with E-state index in [1.54, 1.807) is 18.2 Å². The molecule has 0 radical (unpaired) electrons.